The second-order valence-corrected chi connectivity index (χ2v) is 6.15. The van der Waals surface area contributed by atoms with Gasteiger partial charge in [-0.25, -0.2) is 4.79 Å². The number of carboxylic acid groups (broad SMARTS) is 1. The quantitative estimate of drug-likeness (QED) is 0.866. The summed E-state index contributed by atoms with van der Waals surface area (Å²) >= 11 is 1.45. The van der Waals surface area contributed by atoms with Crippen LogP contribution in [-0.2, 0) is 9.59 Å². The molecule has 0 aromatic heterocycles. The Hall–Kier alpha value is -1.75. The zero-order valence-electron chi connectivity index (χ0n) is 11.1. The van der Waals surface area contributed by atoms with E-state index in [1.165, 1.54) is 16.7 Å². The maximum Gasteiger partial charge on any atom is 0.353 e. The normalized spacial score (nSPS) is 24.6. The molecule has 0 spiro atoms. The molecule has 1 amide bonds. The molecule has 1 fully saturated rings. The molecule has 1 aromatic rings. The number of hydrogen-bond acceptors (Lipinski definition) is 3. The van der Waals surface area contributed by atoms with Crippen molar-refractivity contribution in [2.24, 2.45) is 5.92 Å². The molecule has 1 aromatic carbocycles. The first kappa shape index (κ1) is 13.2. The van der Waals surface area contributed by atoms with E-state index in [0.717, 1.165) is 16.2 Å². The summed E-state index contributed by atoms with van der Waals surface area (Å²) in [5.41, 5.74) is 0.179. The van der Waals surface area contributed by atoms with Gasteiger partial charge >= 0.3 is 5.97 Å². The van der Waals surface area contributed by atoms with Gasteiger partial charge in [-0.3, -0.25) is 4.79 Å². The topological polar surface area (TPSA) is 57.6 Å². The van der Waals surface area contributed by atoms with Crippen LogP contribution in [0.15, 0.2) is 45.8 Å². The lowest BCUT2D eigenvalue weighted by atomic mass is 9.85. The van der Waals surface area contributed by atoms with E-state index in [2.05, 4.69) is 0 Å². The first-order valence-electron chi connectivity index (χ1n) is 6.66. The number of carbonyl (C=O) groups is 2. The van der Waals surface area contributed by atoms with Crippen molar-refractivity contribution in [3.8, 4) is 0 Å². The molecule has 1 saturated heterocycles. The molecule has 2 aliphatic rings. The van der Waals surface area contributed by atoms with E-state index in [1.54, 1.807) is 0 Å². The van der Waals surface area contributed by atoms with Crippen molar-refractivity contribution in [1.82, 2.24) is 4.90 Å². The Morgan fingerprint density at radius 1 is 1.40 bits per heavy atom. The van der Waals surface area contributed by atoms with Crippen LogP contribution < -0.4 is 0 Å². The van der Waals surface area contributed by atoms with Crippen LogP contribution in [-0.4, -0.2) is 27.9 Å². The number of nitrogens with zero attached hydrogens (tertiary/aromatic N) is 1. The summed E-state index contributed by atoms with van der Waals surface area (Å²) in [6.07, 6.45) is 1.43. The summed E-state index contributed by atoms with van der Waals surface area (Å²) in [6, 6.07) is 9.72. The molecule has 2 unspecified atom stereocenters. The number of benzene rings is 1. The SMILES string of the molecule is CCC1C(=O)N2C(C(=O)O)=C(Sc3ccccc3)CC12. The summed E-state index contributed by atoms with van der Waals surface area (Å²) in [5, 5.41) is 9.40. The molecule has 5 heteroatoms. The van der Waals surface area contributed by atoms with E-state index in [4.69, 9.17) is 0 Å². The Morgan fingerprint density at radius 3 is 2.70 bits per heavy atom. The number of aliphatic carboxylic acids is 1. The Labute approximate surface area is 121 Å². The number of rotatable bonds is 4. The fraction of sp³-hybridized carbons (Fsp3) is 0.333. The molecule has 0 aliphatic carbocycles. The van der Waals surface area contributed by atoms with E-state index in [-0.39, 0.29) is 23.6 Å². The highest BCUT2D eigenvalue weighted by Gasteiger charge is 2.54. The Balaban J connectivity index is 1.90. The molecule has 0 radical (unpaired) electrons. The second-order valence-electron chi connectivity index (χ2n) is 4.99. The van der Waals surface area contributed by atoms with Crippen LogP contribution >= 0.6 is 11.8 Å². The Bertz CT molecular complexity index is 596. The molecule has 1 N–H and O–H groups in total. The van der Waals surface area contributed by atoms with E-state index >= 15 is 0 Å². The van der Waals surface area contributed by atoms with Gasteiger partial charge < -0.3 is 10.0 Å². The largest absolute Gasteiger partial charge is 0.477 e. The molecule has 0 bridgehead atoms. The summed E-state index contributed by atoms with van der Waals surface area (Å²) in [6.45, 7) is 1.97. The lowest BCUT2D eigenvalue weighted by molar-refractivity contribution is -0.155. The van der Waals surface area contributed by atoms with Gasteiger partial charge in [-0.05, 0) is 18.6 Å². The second kappa shape index (κ2) is 4.98. The first-order chi connectivity index (χ1) is 9.63. The van der Waals surface area contributed by atoms with Crippen molar-refractivity contribution in [2.45, 2.75) is 30.7 Å². The number of amides is 1. The highest BCUT2D eigenvalue weighted by atomic mass is 32.2. The minimum absolute atomic E-state index is 0.0155. The van der Waals surface area contributed by atoms with Crippen LogP contribution in [0, 0.1) is 5.92 Å². The van der Waals surface area contributed by atoms with Gasteiger partial charge in [-0.2, -0.15) is 0 Å². The summed E-state index contributed by atoms with van der Waals surface area (Å²) in [4.78, 5) is 26.7. The number of fused-ring (bicyclic) bond motifs is 1. The standard InChI is InChI=1S/C15H15NO3S/c1-2-10-11-8-12(20-9-6-4-3-5-7-9)13(15(18)19)16(11)14(10)17/h3-7,10-11H,2,8H2,1H3,(H,18,19). The molecule has 4 nitrogen and oxygen atoms in total. The highest BCUT2D eigenvalue weighted by Crippen LogP contribution is 2.48. The molecule has 104 valence electrons. The fourth-order valence-electron chi connectivity index (χ4n) is 2.92. The monoisotopic (exact) mass is 289 g/mol. The Morgan fingerprint density at radius 2 is 2.10 bits per heavy atom. The predicted molar refractivity (Wildman–Crippen MR) is 76.0 cm³/mol. The van der Waals surface area contributed by atoms with Crippen molar-refractivity contribution < 1.29 is 14.7 Å². The van der Waals surface area contributed by atoms with Gasteiger partial charge in [0, 0.05) is 16.2 Å². The van der Waals surface area contributed by atoms with Gasteiger partial charge in [0.25, 0.3) is 0 Å². The van der Waals surface area contributed by atoms with E-state index in [0.29, 0.717) is 6.42 Å². The third-order valence-corrected chi connectivity index (χ3v) is 4.99. The van der Waals surface area contributed by atoms with Gasteiger partial charge in [0.05, 0.1) is 12.0 Å². The molecule has 0 saturated carbocycles. The van der Waals surface area contributed by atoms with Gasteiger partial charge in [0.1, 0.15) is 5.70 Å². The summed E-state index contributed by atoms with van der Waals surface area (Å²) < 4.78 is 0. The molecule has 20 heavy (non-hydrogen) atoms. The molecule has 2 atom stereocenters. The summed E-state index contributed by atoms with van der Waals surface area (Å²) in [5.74, 6) is -1.06. The summed E-state index contributed by atoms with van der Waals surface area (Å²) in [7, 11) is 0. The maximum absolute atomic E-state index is 12.0. The minimum Gasteiger partial charge on any atom is -0.477 e. The zero-order chi connectivity index (χ0) is 14.3. The maximum atomic E-state index is 12.0. The third kappa shape index (κ3) is 1.93. The fourth-order valence-corrected chi connectivity index (χ4v) is 4.04. The average molecular weight is 289 g/mol. The first-order valence-corrected chi connectivity index (χ1v) is 7.47. The number of hydrogen-bond donors (Lipinski definition) is 1. The predicted octanol–water partition coefficient (Wildman–Crippen LogP) is 2.72. The molecule has 2 heterocycles. The molecule has 2 aliphatic heterocycles. The van der Waals surface area contributed by atoms with Crippen LogP contribution in [0.1, 0.15) is 19.8 Å². The lowest BCUT2D eigenvalue weighted by Crippen LogP contribution is -2.58. The molecular weight excluding hydrogens is 274 g/mol. The number of β-lactam (4-membered cyclic amide) rings is 1. The van der Waals surface area contributed by atoms with Crippen LogP contribution in [0.2, 0.25) is 0 Å². The van der Waals surface area contributed by atoms with Crippen LogP contribution in [0.25, 0.3) is 0 Å². The van der Waals surface area contributed by atoms with Crippen molar-refractivity contribution in [3.05, 3.63) is 40.9 Å². The van der Waals surface area contributed by atoms with Crippen LogP contribution in [0.4, 0.5) is 0 Å². The average Bonchev–Trinajstić information content (AvgIpc) is 2.76. The van der Waals surface area contributed by atoms with Crippen molar-refractivity contribution in [2.75, 3.05) is 0 Å². The molecular formula is C15H15NO3S. The number of carbonyl (C=O) groups excluding carboxylic acids is 1. The van der Waals surface area contributed by atoms with Gasteiger partial charge in [0.2, 0.25) is 5.91 Å². The highest BCUT2D eigenvalue weighted by molar-refractivity contribution is 8.03. The van der Waals surface area contributed by atoms with Gasteiger partial charge in [0.15, 0.2) is 0 Å². The third-order valence-electron chi connectivity index (χ3n) is 3.88. The van der Waals surface area contributed by atoms with Crippen LogP contribution in [0.3, 0.4) is 0 Å². The lowest BCUT2D eigenvalue weighted by Gasteiger charge is -2.42. The molecule has 3 rings (SSSR count). The van der Waals surface area contributed by atoms with E-state index < -0.39 is 5.97 Å². The minimum atomic E-state index is -1.01. The van der Waals surface area contributed by atoms with Gasteiger partial charge in [-0.1, -0.05) is 36.9 Å². The number of carboxylic acids is 1. The van der Waals surface area contributed by atoms with Crippen molar-refractivity contribution in [1.29, 1.82) is 0 Å². The number of thioether (sulfide) groups is 1. The smallest absolute Gasteiger partial charge is 0.353 e. The van der Waals surface area contributed by atoms with E-state index in [9.17, 15) is 14.7 Å². The van der Waals surface area contributed by atoms with Crippen molar-refractivity contribution >= 4 is 23.6 Å². The van der Waals surface area contributed by atoms with Crippen molar-refractivity contribution in [3.63, 3.8) is 0 Å². The van der Waals surface area contributed by atoms with Crippen LogP contribution in [0.5, 0.6) is 0 Å². The zero-order valence-corrected chi connectivity index (χ0v) is 11.9. The van der Waals surface area contributed by atoms with Gasteiger partial charge in [-0.15, -0.1) is 0 Å². The Kier molecular flexibility index (Phi) is 3.30. The van der Waals surface area contributed by atoms with E-state index in [1.807, 2.05) is 37.3 Å².